The lowest BCUT2D eigenvalue weighted by Gasteiger charge is -2.25. The minimum atomic E-state index is 0.509. The Kier molecular flexibility index (Phi) is 3.43. The van der Waals surface area contributed by atoms with Crippen molar-refractivity contribution < 1.29 is 4.74 Å². The third-order valence-corrected chi connectivity index (χ3v) is 4.03. The average Bonchev–Trinajstić information content (AvgIpc) is 2.82. The van der Waals surface area contributed by atoms with Crippen LogP contribution in [0, 0.1) is 0 Å². The van der Waals surface area contributed by atoms with E-state index in [-0.39, 0.29) is 0 Å². The number of hydrogen-bond acceptors (Lipinski definition) is 5. The number of thioether (sulfide) groups is 1. The van der Waals surface area contributed by atoms with Crippen molar-refractivity contribution in [2.24, 2.45) is 0 Å². The molecule has 1 fully saturated rings. The molecule has 1 aliphatic rings. The lowest BCUT2D eigenvalue weighted by molar-refractivity contribution is 0.400. The number of hydrogen-bond donors (Lipinski definition) is 1. The van der Waals surface area contributed by atoms with Crippen LogP contribution in [0.5, 0.6) is 5.88 Å². The van der Waals surface area contributed by atoms with Gasteiger partial charge >= 0.3 is 0 Å². The number of rotatable bonds is 3. The fourth-order valence-electron chi connectivity index (χ4n) is 1.82. The largest absolute Gasteiger partial charge is 0.479 e. The van der Waals surface area contributed by atoms with Crippen LogP contribution in [-0.2, 0) is 0 Å². The molecule has 88 valence electrons. The Labute approximate surface area is 100 Å². The molecule has 0 bridgehead atoms. The number of anilines is 2. The van der Waals surface area contributed by atoms with Crippen LogP contribution in [0.25, 0.3) is 0 Å². The molecule has 0 amide bonds. The summed E-state index contributed by atoms with van der Waals surface area (Å²) in [7, 11) is 3.67. The molecule has 1 atom stereocenters. The maximum Gasteiger partial charge on any atom is 0.238 e. The predicted octanol–water partition coefficient (Wildman–Crippen LogP) is 1.61. The molecule has 0 aliphatic carbocycles. The number of pyridine rings is 1. The summed E-state index contributed by atoms with van der Waals surface area (Å²) < 4.78 is 5.13. The van der Waals surface area contributed by atoms with Gasteiger partial charge in [0.1, 0.15) is 5.82 Å². The van der Waals surface area contributed by atoms with Crippen molar-refractivity contribution in [2.75, 3.05) is 36.3 Å². The first kappa shape index (κ1) is 11.4. The fraction of sp³-hybridized carbons (Fsp3) is 0.545. The number of nitrogens with two attached hydrogens (primary N) is 1. The van der Waals surface area contributed by atoms with Crippen molar-refractivity contribution in [3.05, 3.63) is 12.1 Å². The van der Waals surface area contributed by atoms with E-state index in [0.717, 1.165) is 5.82 Å². The summed E-state index contributed by atoms with van der Waals surface area (Å²) >= 11 is 1.99. The van der Waals surface area contributed by atoms with Gasteiger partial charge in [-0.3, -0.25) is 0 Å². The van der Waals surface area contributed by atoms with Gasteiger partial charge in [0.15, 0.2) is 0 Å². The number of methoxy groups -OCH3 is 1. The van der Waals surface area contributed by atoms with Gasteiger partial charge in [0.25, 0.3) is 0 Å². The Morgan fingerprint density at radius 1 is 1.56 bits per heavy atom. The van der Waals surface area contributed by atoms with Gasteiger partial charge in [0.05, 0.1) is 12.8 Å². The highest BCUT2D eigenvalue weighted by Crippen LogP contribution is 2.27. The van der Waals surface area contributed by atoms with Crippen LogP contribution in [0.15, 0.2) is 12.1 Å². The second-order valence-electron chi connectivity index (χ2n) is 3.90. The molecule has 16 heavy (non-hydrogen) atoms. The van der Waals surface area contributed by atoms with Crippen molar-refractivity contribution in [2.45, 2.75) is 12.5 Å². The summed E-state index contributed by atoms with van der Waals surface area (Å²) in [5, 5.41) is 0. The topological polar surface area (TPSA) is 51.4 Å². The molecule has 1 aromatic rings. The predicted molar refractivity (Wildman–Crippen MR) is 69.3 cm³/mol. The standard InChI is InChI=1S/C11H17N3OS/c1-14(8-5-6-16-7-8)10-4-3-9(12)11(13-10)15-2/h3-4,8H,5-7,12H2,1-2H3. The Hall–Kier alpha value is -1.10. The molecule has 5 heteroatoms. The highest BCUT2D eigenvalue weighted by Gasteiger charge is 2.21. The number of aromatic nitrogens is 1. The van der Waals surface area contributed by atoms with Crippen LogP contribution in [0.3, 0.4) is 0 Å². The van der Waals surface area contributed by atoms with Crippen LogP contribution in [0.2, 0.25) is 0 Å². The summed E-state index contributed by atoms with van der Waals surface area (Å²) in [6, 6.07) is 4.37. The van der Waals surface area contributed by atoms with Gasteiger partial charge in [-0.1, -0.05) is 0 Å². The third kappa shape index (κ3) is 2.19. The van der Waals surface area contributed by atoms with Crippen molar-refractivity contribution in [1.82, 2.24) is 4.98 Å². The van der Waals surface area contributed by atoms with E-state index in [1.807, 2.05) is 23.9 Å². The first-order valence-corrected chi connectivity index (χ1v) is 6.49. The number of ether oxygens (including phenoxy) is 1. The van der Waals surface area contributed by atoms with Gasteiger partial charge in [0.2, 0.25) is 5.88 Å². The third-order valence-electron chi connectivity index (χ3n) is 2.88. The van der Waals surface area contributed by atoms with Crippen LogP contribution < -0.4 is 15.4 Å². The zero-order valence-electron chi connectivity index (χ0n) is 9.64. The van der Waals surface area contributed by atoms with Crippen molar-refractivity contribution >= 4 is 23.3 Å². The maximum atomic E-state index is 5.74. The highest BCUT2D eigenvalue weighted by molar-refractivity contribution is 7.99. The Bertz CT molecular complexity index is 366. The number of nitrogen functional groups attached to an aromatic ring is 1. The van der Waals surface area contributed by atoms with Gasteiger partial charge in [0, 0.05) is 18.8 Å². The van der Waals surface area contributed by atoms with Crippen molar-refractivity contribution in [3.63, 3.8) is 0 Å². The lowest BCUT2D eigenvalue weighted by atomic mass is 10.2. The van der Waals surface area contributed by atoms with E-state index in [1.54, 1.807) is 7.11 Å². The summed E-state index contributed by atoms with van der Waals surface area (Å²) in [5.74, 6) is 3.85. The SMILES string of the molecule is COc1nc(N(C)C2CCSC2)ccc1N. The van der Waals surface area contributed by atoms with Crippen LogP contribution in [0.4, 0.5) is 11.5 Å². The van der Waals surface area contributed by atoms with Gasteiger partial charge in [-0.15, -0.1) is 0 Å². The van der Waals surface area contributed by atoms with Gasteiger partial charge in [-0.2, -0.15) is 16.7 Å². The molecule has 1 aliphatic heterocycles. The summed E-state index contributed by atoms with van der Waals surface area (Å²) in [5.41, 5.74) is 6.33. The van der Waals surface area contributed by atoms with E-state index in [0.29, 0.717) is 17.6 Å². The molecule has 0 aromatic carbocycles. The Balaban J connectivity index is 2.19. The molecule has 4 nitrogen and oxygen atoms in total. The minimum absolute atomic E-state index is 0.509. The van der Waals surface area contributed by atoms with Crippen LogP contribution in [0.1, 0.15) is 6.42 Å². The Morgan fingerprint density at radius 3 is 3.00 bits per heavy atom. The van der Waals surface area contributed by atoms with E-state index >= 15 is 0 Å². The molecular weight excluding hydrogens is 222 g/mol. The monoisotopic (exact) mass is 239 g/mol. The molecule has 2 heterocycles. The molecule has 1 unspecified atom stereocenters. The van der Waals surface area contributed by atoms with E-state index < -0.39 is 0 Å². The normalized spacial score (nSPS) is 19.8. The summed E-state index contributed by atoms with van der Waals surface area (Å²) in [6.45, 7) is 0. The molecule has 1 saturated heterocycles. The van der Waals surface area contributed by atoms with Crippen LogP contribution in [-0.4, -0.2) is 36.7 Å². The smallest absolute Gasteiger partial charge is 0.238 e. The van der Waals surface area contributed by atoms with E-state index in [9.17, 15) is 0 Å². The molecule has 0 radical (unpaired) electrons. The average molecular weight is 239 g/mol. The first-order valence-electron chi connectivity index (χ1n) is 5.33. The maximum absolute atomic E-state index is 5.74. The van der Waals surface area contributed by atoms with Crippen LogP contribution >= 0.6 is 11.8 Å². The molecule has 2 N–H and O–H groups in total. The summed E-state index contributed by atoms with van der Waals surface area (Å²) in [6.07, 6.45) is 1.22. The molecule has 1 aromatic heterocycles. The zero-order valence-corrected chi connectivity index (χ0v) is 10.5. The summed E-state index contributed by atoms with van der Waals surface area (Å²) in [4.78, 5) is 6.62. The number of nitrogens with zero attached hydrogens (tertiary/aromatic N) is 2. The van der Waals surface area contributed by atoms with Gasteiger partial charge in [-0.25, -0.2) is 0 Å². The van der Waals surface area contributed by atoms with E-state index in [2.05, 4.69) is 16.9 Å². The van der Waals surface area contributed by atoms with Crippen molar-refractivity contribution in [1.29, 1.82) is 0 Å². The Morgan fingerprint density at radius 2 is 2.38 bits per heavy atom. The van der Waals surface area contributed by atoms with Gasteiger partial charge < -0.3 is 15.4 Å². The lowest BCUT2D eigenvalue weighted by Crippen LogP contribution is -2.31. The molecule has 0 spiro atoms. The molecule has 2 rings (SSSR count). The highest BCUT2D eigenvalue weighted by atomic mass is 32.2. The van der Waals surface area contributed by atoms with Crippen molar-refractivity contribution in [3.8, 4) is 5.88 Å². The fourth-order valence-corrected chi connectivity index (χ4v) is 3.08. The second kappa shape index (κ2) is 4.82. The molecular formula is C11H17N3OS. The van der Waals surface area contributed by atoms with Gasteiger partial charge in [-0.05, 0) is 24.3 Å². The van der Waals surface area contributed by atoms with E-state index in [4.69, 9.17) is 10.5 Å². The zero-order chi connectivity index (χ0) is 11.5. The second-order valence-corrected chi connectivity index (χ2v) is 5.05. The van der Waals surface area contributed by atoms with E-state index in [1.165, 1.54) is 17.9 Å². The molecule has 0 saturated carbocycles. The first-order chi connectivity index (χ1) is 7.72. The quantitative estimate of drug-likeness (QED) is 0.868. The minimum Gasteiger partial charge on any atom is -0.479 e.